The first-order chi connectivity index (χ1) is 7.68. The van der Waals surface area contributed by atoms with Gasteiger partial charge >= 0.3 is 0 Å². The SMILES string of the molecule is Cc1ccccc1C(C)NCC(C)C1CC1. The molecule has 0 aliphatic heterocycles. The monoisotopic (exact) mass is 217 g/mol. The standard InChI is InChI=1S/C15H23N/c1-11-6-4-5-7-15(11)13(3)16-10-12(2)14-8-9-14/h4-7,12-14,16H,8-10H2,1-3H3. The Morgan fingerprint density at radius 2 is 1.94 bits per heavy atom. The summed E-state index contributed by atoms with van der Waals surface area (Å²) in [4.78, 5) is 0. The molecule has 1 aromatic rings. The van der Waals surface area contributed by atoms with Crippen LogP contribution in [0.25, 0.3) is 0 Å². The number of hydrogen-bond acceptors (Lipinski definition) is 1. The van der Waals surface area contributed by atoms with Crippen molar-refractivity contribution in [1.29, 1.82) is 0 Å². The molecule has 2 unspecified atom stereocenters. The summed E-state index contributed by atoms with van der Waals surface area (Å²) in [6, 6.07) is 9.14. The molecule has 1 saturated carbocycles. The molecule has 1 aliphatic carbocycles. The molecule has 0 heterocycles. The summed E-state index contributed by atoms with van der Waals surface area (Å²) in [5, 5.41) is 3.66. The van der Waals surface area contributed by atoms with Gasteiger partial charge < -0.3 is 5.32 Å². The van der Waals surface area contributed by atoms with Crippen LogP contribution < -0.4 is 5.32 Å². The minimum Gasteiger partial charge on any atom is -0.310 e. The van der Waals surface area contributed by atoms with Crippen LogP contribution in [-0.4, -0.2) is 6.54 Å². The highest BCUT2D eigenvalue weighted by molar-refractivity contribution is 5.28. The van der Waals surface area contributed by atoms with Gasteiger partial charge in [-0.2, -0.15) is 0 Å². The number of nitrogens with one attached hydrogen (secondary N) is 1. The van der Waals surface area contributed by atoms with E-state index in [9.17, 15) is 0 Å². The number of benzene rings is 1. The zero-order valence-corrected chi connectivity index (χ0v) is 10.7. The summed E-state index contributed by atoms with van der Waals surface area (Å²) in [6.45, 7) is 7.98. The van der Waals surface area contributed by atoms with E-state index in [1.165, 1.54) is 24.0 Å². The van der Waals surface area contributed by atoms with Gasteiger partial charge in [-0.25, -0.2) is 0 Å². The predicted molar refractivity (Wildman–Crippen MR) is 69.5 cm³/mol. The van der Waals surface area contributed by atoms with Crippen LogP contribution >= 0.6 is 0 Å². The van der Waals surface area contributed by atoms with E-state index in [2.05, 4.69) is 50.4 Å². The number of aryl methyl sites for hydroxylation is 1. The molecule has 0 radical (unpaired) electrons. The van der Waals surface area contributed by atoms with Gasteiger partial charge in [-0.05, 0) is 56.2 Å². The predicted octanol–water partition coefficient (Wildman–Crippen LogP) is 3.69. The van der Waals surface area contributed by atoms with Crippen LogP contribution in [0.2, 0.25) is 0 Å². The molecule has 1 aliphatic rings. The fourth-order valence-electron chi connectivity index (χ4n) is 2.38. The maximum atomic E-state index is 3.66. The second kappa shape index (κ2) is 5.01. The summed E-state index contributed by atoms with van der Waals surface area (Å²) in [6.07, 6.45) is 2.89. The van der Waals surface area contributed by atoms with Crippen molar-refractivity contribution in [3.8, 4) is 0 Å². The van der Waals surface area contributed by atoms with Gasteiger partial charge in [0.25, 0.3) is 0 Å². The molecule has 2 atom stereocenters. The average molecular weight is 217 g/mol. The highest BCUT2D eigenvalue weighted by Gasteiger charge is 2.27. The molecule has 1 nitrogen and oxygen atoms in total. The van der Waals surface area contributed by atoms with Crippen molar-refractivity contribution in [2.45, 2.75) is 39.7 Å². The maximum Gasteiger partial charge on any atom is 0.0294 e. The molecule has 1 N–H and O–H groups in total. The van der Waals surface area contributed by atoms with Crippen LogP contribution in [-0.2, 0) is 0 Å². The first-order valence-electron chi connectivity index (χ1n) is 6.47. The van der Waals surface area contributed by atoms with Crippen LogP contribution in [0, 0.1) is 18.8 Å². The van der Waals surface area contributed by atoms with Crippen molar-refractivity contribution in [3.63, 3.8) is 0 Å². The molecule has 16 heavy (non-hydrogen) atoms. The van der Waals surface area contributed by atoms with Gasteiger partial charge in [0.05, 0.1) is 0 Å². The zero-order valence-electron chi connectivity index (χ0n) is 10.7. The zero-order chi connectivity index (χ0) is 11.5. The molecule has 0 spiro atoms. The van der Waals surface area contributed by atoms with Crippen molar-refractivity contribution in [1.82, 2.24) is 5.32 Å². The third-order valence-electron chi connectivity index (χ3n) is 3.83. The first kappa shape index (κ1) is 11.7. The Morgan fingerprint density at radius 1 is 1.25 bits per heavy atom. The van der Waals surface area contributed by atoms with E-state index in [4.69, 9.17) is 0 Å². The van der Waals surface area contributed by atoms with Crippen LogP contribution in [0.4, 0.5) is 0 Å². The van der Waals surface area contributed by atoms with Gasteiger partial charge in [-0.3, -0.25) is 0 Å². The van der Waals surface area contributed by atoms with Crippen molar-refractivity contribution < 1.29 is 0 Å². The van der Waals surface area contributed by atoms with Gasteiger partial charge in [0.2, 0.25) is 0 Å². The Hall–Kier alpha value is -0.820. The van der Waals surface area contributed by atoms with Gasteiger partial charge in [0.1, 0.15) is 0 Å². The average Bonchev–Trinajstić information content (AvgIpc) is 3.10. The maximum absolute atomic E-state index is 3.66. The molecule has 2 rings (SSSR count). The molecule has 88 valence electrons. The van der Waals surface area contributed by atoms with E-state index in [1.54, 1.807) is 0 Å². The van der Waals surface area contributed by atoms with Crippen molar-refractivity contribution in [2.24, 2.45) is 11.8 Å². The van der Waals surface area contributed by atoms with Gasteiger partial charge in [0, 0.05) is 6.04 Å². The van der Waals surface area contributed by atoms with E-state index in [1.807, 2.05) is 0 Å². The second-order valence-electron chi connectivity index (χ2n) is 5.30. The Kier molecular flexibility index (Phi) is 3.65. The molecule has 0 amide bonds. The summed E-state index contributed by atoms with van der Waals surface area (Å²) in [5.41, 5.74) is 2.83. The Morgan fingerprint density at radius 3 is 2.56 bits per heavy atom. The number of rotatable bonds is 5. The summed E-state index contributed by atoms with van der Waals surface area (Å²) in [7, 11) is 0. The highest BCUT2D eigenvalue weighted by atomic mass is 14.9. The fraction of sp³-hybridized carbons (Fsp3) is 0.600. The first-order valence-corrected chi connectivity index (χ1v) is 6.47. The summed E-state index contributed by atoms with van der Waals surface area (Å²) >= 11 is 0. The lowest BCUT2D eigenvalue weighted by Gasteiger charge is -2.19. The molecule has 1 fully saturated rings. The molecule has 1 heteroatoms. The summed E-state index contributed by atoms with van der Waals surface area (Å²) < 4.78 is 0. The van der Waals surface area contributed by atoms with Gasteiger partial charge in [0.15, 0.2) is 0 Å². The van der Waals surface area contributed by atoms with E-state index in [0.717, 1.165) is 18.4 Å². The number of hydrogen-bond donors (Lipinski definition) is 1. The quantitative estimate of drug-likeness (QED) is 0.793. The smallest absolute Gasteiger partial charge is 0.0294 e. The third-order valence-corrected chi connectivity index (χ3v) is 3.83. The van der Waals surface area contributed by atoms with E-state index < -0.39 is 0 Å². The van der Waals surface area contributed by atoms with Crippen molar-refractivity contribution in [3.05, 3.63) is 35.4 Å². The van der Waals surface area contributed by atoms with Crippen LogP contribution in [0.5, 0.6) is 0 Å². The normalized spacial score (nSPS) is 19.4. The summed E-state index contributed by atoms with van der Waals surface area (Å²) in [5.74, 6) is 1.84. The van der Waals surface area contributed by atoms with Crippen molar-refractivity contribution in [2.75, 3.05) is 6.54 Å². The van der Waals surface area contributed by atoms with E-state index in [0.29, 0.717) is 6.04 Å². The Balaban J connectivity index is 1.87. The highest BCUT2D eigenvalue weighted by Crippen LogP contribution is 2.36. The molecule has 1 aromatic carbocycles. The molecular formula is C15H23N. The third kappa shape index (κ3) is 2.85. The van der Waals surface area contributed by atoms with E-state index >= 15 is 0 Å². The van der Waals surface area contributed by atoms with Crippen molar-refractivity contribution >= 4 is 0 Å². The molecular weight excluding hydrogens is 194 g/mol. The van der Waals surface area contributed by atoms with Gasteiger partial charge in [-0.1, -0.05) is 31.2 Å². The fourth-order valence-corrected chi connectivity index (χ4v) is 2.38. The minimum absolute atomic E-state index is 0.474. The molecule has 0 aromatic heterocycles. The molecule has 0 bridgehead atoms. The van der Waals surface area contributed by atoms with Gasteiger partial charge in [-0.15, -0.1) is 0 Å². The lowest BCUT2D eigenvalue weighted by atomic mass is 10.0. The topological polar surface area (TPSA) is 12.0 Å². The van der Waals surface area contributed by atoms with Crippen LogP contribution in [0.1, 0.15) is 43.9 Å². The largest absolute Gasteiger partial charge is 0.310 e. The Labute approximate surface area is 99.3 Å². The molecule has 0 saturated heterocycles. The second-order valence-corrected chi connectivity index (χ2v) is 5.30. The lowest BCUT2D eigenvalue weighted by molar-refractivity contribution is 0.431. The minimum atomic E-state index is 0.474. The Bertz CT molecular complexity index is 341. The van der Waals surface area contributed by atoms with Crippen LogP contribution in [0.3, 0.4) is 0 Å². The van der Waals surface area contributed by atoms with Crippen LogP contribution in [0.15, 0.2) is 24.3 Å². The lowest BCUT2D eigenvalue weighted by Crippen LogP contribution is -2.25. The van der Waals surface area contributed by atoms with E-state index in [-0.39, 0.29) is 0 Å².